The zero-order chi connectivity index (χ0) is 26.5. The Hall–Kier alpha value is -3.50. The van der Waals surface area contributed by atoms with Gasteiger partial charge in [-0.2, -0.15) is 5.10 Å². The van der Waals surface area contributed by atoms with Crippen molar-refractivity contribution < 1.29 is 32.2 Å². The number of carbonyl (C=O) groups excluding carboxylic acids is 2. The van der Waals surface area contributed by atoms with Gasteiger partial charge in [-0.05, 0) is 56.3 Å². The first-order chi connectivity index (χ1) is 16.9. The van der Waals surface area contributed by atoms with Gasteiger partial charge in [0, 0.05) is 38.6 Å². The number of hydrogen-bond acceptors (Lipinski definition) is 5. The molecule has 0 saturated carbocycles. The highest BCUT2D eigenvalue weighted by molar-refractivity contribution is 6.36. The number of anilines is 1. The molecule has 0 aliphatic heterocycles. The van der Waals surface area contributed by atoms with E-state index < -0.39 is 30.6 Å². The molecule has 0 unspecified atom stereocenters. The summed E-state index contributed by atoms with van der Waals surface area (Å²) >= 11 is 12.5. The number of nitrogens with zero attached hydrogens (tertiary/aromatic N) is 2. The Morgan fingerprint density at radius 3 is 2.33 bits per heavy atom. The predicted molar refractivity (Wildman–Crippen MR) is 129 cm³/mol. The molecule has 1 amide bonds. The maximum atomic E-state index is 12.2. The van der Waals surface area contributed by atoms with E-state index >= 15 is 0 Å². The van der Waals surface area contributed by atoms with Crippen LogP contribution in [0.4, 0.5) is 18.9 Å². The number of nitrogens with one attached hydrogen (secondary N) is 1. The molecule has 0 atom stereocenters. The van der Waals surface area contributed by atoms with Gasteiger partial charge < -0.3 is 14.8 Å². The Balaban J connectivity index is 1.55. The van der Waals surface area contributed by atoms with Crippen LogP contribution in [-0.4, -0.2) is 34.6 Å². The number of alkyl halides is 3. The van der Waals surface area contributed by atoms with Gasteiger partial charge in [-0.25, -0.2) is 4.79 Å². The number of aromatic nitrogens is 2. The molecular weight excluding hydrogens is 522 g/mol. The van der Waals surface area contributed by atoms with Crippen LogP contribution in [0.2, 0.25) is 10.0 Å². The second-order valence-electron chi connectivity index (χ2n) is 7.50. The highest BCUT2D eigenvalue weighted by atomic mass is 35.5. The van der Waals surface area contributed by atoms with Crippen LogP contribution in [0.25, 0.3) is 6.08 Å². The summed E-state index contributed by atoms with van der Waals surface area (Å²) in [4.78, 5) is 24.1. The van der Waals surface area contributed by atoms with Crippen LogP contribution in [0.3, 0.4) is 0 Å². The van der Waals surface area contributed by atoms with Crippen molar-refractivity contribution in [2.45, 2.75) is 26.8 Å². The lowest BCUT2D eigenvalue weighted by atomic mass is 10.1. The predicted octanol–water partition coefficient (Wildman–Crippen LogP) is 5.95. The summed E-state index contributed by atoms with van der Waals surface area (Å²) in [6.45, 7) is 3.36. The molecule has 1 N–H and O–H groups in total. The summed E-state index contributed by atoms with van der Waals surface area (Å²) in [6.07, 6.45) is -2.12. The molecule has 0 fully saturated rings. The molecule has 3 rings (SSSR count). The molecule has 36 heavy (non-hydrogen) atoms. The number of rotatable bonds is 8. The van der Waals surface area contributed by atoms with Crippen molar-refractivity contribution in [1.29, 1.82) is 0 Å². The van der Waals surface area contributed by atoms with Crippen LogP contribution >= 0.6 is 23.2 Å². The lowest BCUT2D eigenvalue weighted by Gasteiger charge is -2.10. The molecule has 1 heterocycles. The topological polar surface area (TPSA) is 82.5 Å². The summed E-state index contributed by atoms with van der Waals surface area (Å²) in [5.74, 6) is -1.86. The van der Waals surface area contributed by atoms with Gasteiger partial charge in [-0.15, -0.1) is 13.2 Å². The van der Waals surface area contributed by atoms with Crippen molar-refractivity contribution in [2.75, 3.05) is 11.9 Å². The van der Waals surface area contributed by atoms with Crippen molar-refractivity contribution in [2.24, 2.45) is 0 Å². The number of aryl methyl sites for hydroxylation is 1. The molecule has 0 bridgehead atoms. The Morgan fingerprint density at radius 2 is 1.72 bits per heavy atom. The Kier molecular flexibility index (Phi) is 8.65. The van der Waals surface area contributed by atoms with Gasteiger partial charge in [0.25, 0.3) is 5.91 Å². The van der Waals surface area contributed by atoms with E-state index in [0.717, 1.165) is 23.4 Å². The summed E-state index contributed by atoms with van der Waals surface area (Å²) in [7, 11) is 0. The molecule has 0 radical (unpaired) electrons. The molecule has 0 aliphatic carbocycles. The standard InChI is InChI=1S/C24H20Cl2F3N3O4/c1-14-18(15(2)32(31-14)12-19-20(25)4-3-5-21(19)26)10-11-23(34)35-13-22(33)30-16-6-8-17(9-7-16)36-24(27,28)29/h3-11H,12-13H2,1-2H3,(H,30,33). The zero-order valence-corrected chi connectivity index (χ0v) is 20.5. The van der Waals surface area contributed by atoms with E-state index in [9.17, 15) is 22.8 Å². The molecule has 0 saturated heterocycles. The Bertz CT molecular complexity index is 1270. The van der Waals surface area contributed by atoms with Crippen LogP contribution in [-0.2, 0) is 20.9 Å². The Morgan fingerprint density at radius 1 is 1.08 bits per heavy atom. The maximum Gasteiger partial charge on any atom is 0.573 e. The zero-order valence-electron chi connectivity index (χ0n) is 19.0. The van der Waals surface area contributed by atoms with E-state index in [0.29, 0.717) is 27.8 Å². The van der Waals surface area contributed by atoms with Crippen molar-refractivity contribution >= 4 is 46.8 Å². The lowest BCUT2D eigenvalue weighted by molar-refractivity contribution is -0.274. The molecule has 7 nitrogen and oxygen atoms in total. The van der Waals surface area contributed by atoms with Crippen LogP contribution in [0.5, 0.6) is 5.75 Å². The number of carbonyl (C=O) groups is 2. The molecule has 12 heteroatoms. The number of amides is 1. The van der Waals surface area contributed by atoms with Gasteiger partial charge in [-0.3, -0.25) is 9.48 Å². The van der Waals surface area contributed by atoms with Crippen LogP contribution in [0.15, 0.2) is 48.5 Å². The number of halogens is 5. The summed E-state index contributed by atoms with van der Waals surface area (Å²) in [5, 5.41) is 7.90. The fraction of sp³-hybridized carbons (Fsp3) is 0.208. The summed E-state index contributed by atoms with van der Waals surface area (Å²) in [6, 6.07) is 9.75. The maximum absolute atomic E-state index is 12.2. The minimum absolute atomic E-state index is 0.207. The van der Waals surface area contributed by atoms with Crippen molar-refractivity contribution in [3.63, 3.8) is 0 Å². The fourth-order valence-corrected chi connectivity index (χ4v) is 3.73. The minimum atomic E-state index is -4.81. The van der Waals surface area contributed by atoms with Crippen LogP contribution in [0, 0.1) is 13.8 Å². The van der Waals surface area contributed by atoms with Gasteiger partial charge in [0.1, 0.15) is 5.75 Å². The molecular formula is C24H20Cl2F3N3O4. The molecule has 1 aromatic heterocycles. The van der Waals surface area contributed by atoms with E-state index in [1.165, 1.54) is 24.3 Å². The van der Waals surface area contributed by atoms with Crippen molar-refractivity contribution in [3.8, 4) is 5.75 Å². The van der Waals surface area contributed by atoms with Gasteiger partial charge in [0.15, 0.2) is 6.61 Å². The van der Waals surface area contributed by atoms with E-state index in [2.05, 4.69) is 15.2 Å². The highest BCUT2D eigenvalue weighted by Crippen LogP contribution is 2.27. The third kappa shape index (κ3) is 7.50. The average molecular weight is 542 g/mol. The fourth-order valence-electron chi connectivity index (χ4n) is 3.21. The Labute approximate surface area is 214 Å². The number of benzene rings is 2. The van der Waals surface area contributed by atoms with Crippen molar-refractivity contribution in [1.82, 2.24) is 9.78 Å². The van der Waals surface area contributed by atoms with E-state index in [1.807, 2.05) is 6.92 Å². The second-order valence-corrected chi connectivity index (χ2v) is 8.32. The quantitative estimate of drug-likeness (QED) is 0.281. The molecule has 190 valence electrons. The van der Waals surface area contributed by atoms with Gasteiger partial charge in [-0.1, -0.05) is 29.3 Å². The number of esters is 1. The summed E-state index contributed by atoms with van der Waals surface area (Å²) < 4.78 is 47.0. The molecule has 3 aromatic rings. The monoisotopic (exact) mass is 541 g/mol. The first-order valence-corrected chi connectivity index (χ1v) is 11.2. The van der Waals surface area contributed by atoms with Gasteiger partial charge in [0.05, 0.1) is 12.2 Å². The SMILES string of the molecule is Cc1nn(Cc2c(Cl)cccc2Cl)c(C)c1C=CC(=O)OCC(=O)Nc1ccc(OC(F)(F)F)cc1. The average Bonchev–Trinajstić information content (AvgIpc) is 3.06. The smallest absolute Gasteiger partial charge is 0.452 e. The van der Waals surface area contributed by atoms with Crippen LogP contribution in [0.1, 0.15) is 22.5 Å². The first-order valence-electron chi connectivity index (χ1n) is 10.4. The lowest BCUT2D eigenvalue weighted by Crippen LogP contribution is -2.20. The van der Waals surface area contributed by atoms with E-state index in [-0.39, 0.29) is 5.69 Å². The van der Waals surface area contributed by atoms with Gasteiger partial charge in [0.2, 0.25) is 0 Å². The number of ether oxygens (including phenoxy) is 2. The van der Waals surface area contributed by atoms with E-state index in [4.69, 9.17) is 27.9 Å². The molecule has 0 spiro atoms. The largest absolute Gasteiger partial charge is 0.573 e. The van der Waals surface area contributed by atoms with E-state index in [1.54, 1.807) is 29.8 Å². The first kappa shape index (κ1) is 27.1. The van der Waals surface area contributed by atoms with Crippen LogP contribution < -0.4 is 10.1 Å². The highest BCUT2D eigenvalue weighted by Gasteiger charge is 2.31. The van der Waals surface area contributed by atoms with Gasteiger partial charge >= 0.3 is 12.3 Å². The summed E-state index contributed by atoms with van der Waals surface area (Å²) in [5.41, 5.74) is 3.05. The number of hydrogen-bond donors (Lipinski definition) is 1. The molecule has 2 aromatic carbocycles. The molecule has 0 aliphatic rings. The third-order valence-corrected chi connectivity index (χ3v) is 5.62. The normalized spacial score (nSPS) is 11.5. The third-order valence-electron chi connectivity index (χ3n) is 4.91. The minimum Gasteiger partial charge on any atom is -0.452 e. The second kappa shape index (κ2) is 11.5. The van der Waals surface area contributed by atoms with Crippen molar-refractivity contribution in [3.05, 3.63) is 81.1 Å².